The number of sulfonamides is 1. The van der Waals surface area contributed by atoms with Crippen molar-refractivity contribution in [3.8, 4) is 11.8 Å². The standard InChI is InChI=1S/C23H27N3O4S/c1-2-30-22-12-8-19(17-24)16-21(22)25-23(27)13-9-18-6-10-20(11-7-18)31(28,29)26-14-4-3-5-15-26/h6-8,10-12,16H,2-5,9,13-15H2,1H3,(H,25,27). The van der Waals surface area contributed by atoms with E-state index in [1.54, 1.807) is 46.8 Å². The van der Waals surface area contributed by atoms with Crippen LogP contribution in [-0.2, 0) is 21.2 Å². The molecule has 0 unspecified atom stereocenters. The summed E-state index contributed by atoms with van der Waals surface area (Å²) in [7, 11) is -3.45. The minimum atomic E-state index is -3.45. The zero-order valence-corrected chi connectivity index (χ0v) is 18.5. The van der Waals surface area contributed by atoms with E-state index in [2.05, 4.69) is 5.32 Å². The van der Waals surface area contributed by atoms with Crippen molar-refractivity contribution in [3.05, 3.63) is 53.6 Å². The normalized spacial score (nSPS) is 14.6. The predicted molar refractivity (Wildman–Crippen MR) is 118 cm³/mol. The third-order valence-electron chi connectivity index (χ3n) is 5.20. The number of hydrogen-bond acceptors (Lipinski definition) is 5. The van der Waals surface area contributed by atoms with Gasteiger partial charge in [0, 0.05) is 19.5 Å². The van der Waals surface area contributed by atoms with Crippen molar-refractivity contribution in [1.82, 2.24) is 4.31 Å². The lowest BCUT2D eigenvalue weighted by atomic mass is 10.1. The number of rotatable bonds is 8. The summed E-state index contributed by atoms with van der Waals surface area (Å²) in [6.45, 7) is 3.43. The summed E-state index contributed by atoms with van der Waals surface area (Å²) in [4.78, 5) is 12.7. The molecule has 1 N–H and O–H groups in total. The minimum Gasteiger partial charge on any atom is -0.492 e. The Hall–Kier alpha value is -2.89. The Morgan fingerprint density at radius 1 is 1.13 bits per heavy atom. The van der Waals surface area contributed by atoms with Crippen LogP contribution in [0.25, 0.3) is 0 Å². The summed E-state index contributed by atoms with van der Waals surface area (Å²) < 4.78 is 32.5. The first-order valence-corrected chi connectivity index (χ1v) is 11.9. The number of carbonyl (C=O) groups is 1. The highest BCUT2D eigenvalue weighted by molar-refractivity contribution is 7.89. The summed E-state index contributed by atoms with van der Waals surface area (Å²) in [5, 5.41) is 11.9. The van der Waals surface area contributed by atoms with Crippen LogP contribution in [0.2, 0.25) is 0 Å². The molecule has 2 aromatic rings. The minimum absolute atomic E-state index is 0.207. The molecule has 0 saturated carbocycles. The van der Waals surface area contributed by atoms with Crippen LogP contribution in [0.15, 0.2) is 47.4 Å². The molecule has 1 saturated heterocycles. The maximum Gasteiger partial charge on any atom is 0.243 e. The first-order chi connectivity index (χ1) is 14.9. The quantitative estimate of drug-likeness (QED) is 0.673. The number of amides is 1. The lowest BCUT2D eigenvalue weighted by Crippen LogP contribution is -2.35. The fraction of sp³-hybridized carbons (Fsp3) is 0.391. The Kier molecular flexibility index (Phi) is 7.66. The third-order valence-corrected chi connectivity index (χ3v) is 7.11. The highest BCUT2D eigenvalue weighted by atomic mass is 32.2. The predicted octanol–water partition coefficient (Wildman–Crippen LogP) is 3.70. The van der Waals surface area contributed by atoms with Crippen molar-refractivity contribution in [3.63, 3.8) is 0 Å². The Balaban J connectivity index is 1.60. The molecule has 3 rings (SSSR count). The average Bonchev–Trinajstić information content (AvgIpc) is 2.80. The highest BCUT2D eigenvalue weighted by Gasteiger charge is 2.25. The molecule has 1 heterocycles. The second kappa shape index (κ2) is 10.4. The molecular formula is C23H27N3O4S. The molecule has 0 spiro atoms. The maximum absolute atomic E-state index is 12.7. The van der Waals surface area contributed by atoms with E-state index in [1.807, 2.05) is 13.0 Å². The van der Waals surface area contributed by atoms with Crippen LogP contribution in [0.4, 0.5) is 5.69 Å². The van der Waals surface area contributed by atoms with Crippen LogP contribution in [0.3, 0.4) is 0 Å². The van der Waals surface area contributed by atoms with Gasteiger partial charge in [0.25, 0.3) is 0 Å². The second-order valence-electron chi connectivity index (χ2n) is 7.41. The van der Waals surface area contributed by atoms with Gasteiger partial charge in [0.2, 0.25) is 15.9 Å². The lowest BCUT2D eigenvalue weighted by molar-refractivity contribution is -0.116. The SMILES string of the molecule is CCOc1ccc(C#N)cc1NC(=O)CCc1ccc(S(=O)(=O)N2CCCCC2)cc1. The van der Waals surface area contributed by atoms with Crippen LogP contribution in [0.1, 0.15) is 43.7 Å². The van der Waals surface area contributed by atoms with Gasteiger partial charge in [0.05, 0.1) is 28.8 Å². The fourth-order valence-electron chi connectivity index (χ4n) is 3.53. The molecule has 8 heteroatoms. The van der Waals surface area contributed by atoms with Crippen LogP contribution in [0, 0.1) is 11.3 Å². The average molecular weight is 442 g/mol. The first-order valence-electron chi connectivity index (χ1n) is 10.5. The van der Waals surface area contributed by atoms with E-state index in [0.717, 1.165) is 24.8 Å². The van der Waals surface area contributed by atoms with Crippen LogP contribution in [0.5, 0.6) is 5.75 Å². The number of anilines is 1. The van der Waals surface area contributed by atoms with Crippen molar-refractivity contribution >= 4 is 21.6 Å². The number of aryl methyl sites for hydroxylation is 1. The van der Waals surface area contributed by atoms with Crippen molar-refractivity contribution in [2.45, 2.75) is 43.9 Å². The monoisotopic (exact) mass is 441 g/mol. The van der Waals surface area contributed by atoms with Gasteiger partial charge in [-0.25, -0.2) is 8.42 Å². The van der Waals surface area contributed by atoms with Gasteiger partial charge in [0.1, 0.15) is 5.75 Å². The number of hydrogen-bond donors (Lipinski definition) is 1. The smallest absolute Gasteiger partial charge is 0.243 e. The molecule has 0 bridgehead atoms. The Labute approximate surface area is 183 Å². The molecule has 1 amide bonds. The summed E-state index contributed by atoms with van der Waals surface area (Å²) in [5.74, 6) is 0.308. The molecule has 31 heavy (non-hydrogen) atoms. The number of ether oxygens (including phenoxy) is 1. The fourth-order valence-corrected chi connectivity index (χ4v) is 5.05. The lowest BCUT2D eigenvalue weighted by Gasteiger charge is -2.25. The molecule has 1 aliphatic rings. The molecule has 7 nitrogen and oxygen atoms in total. The molecule has 1 fully saturated rings. The molecular weight excluding hydrogens is 414 g/mol. The van der Waals surface area contributed by atoms with Gasteiger partial charge < -0.3 is 10.1 Å². The molecule has 164 valence electrons. The summed E-state index contributed by atoms with van der Waals surface area (Å²) >= 11 is 0. The second-order valence-corrected chi connectivity index (χ2v) is 9.35. The number of piperidine rings is 1. The number of nitrogens with zero attached hydrogens (tertiary/aromatic N) is 2. The van der Waals surface area contributed by atoms with E-state index < -0.39 is 10.0 Å². The van der Waals surface area contributed by atoms with E-state index in [-0.39, 0.29) is 17.2 Å². The Morgan fingerprint density at radius 2 is 1.84 bits per heavy atom. The van der Waals surface area contributed by atoms with Gasteiger partial charge >= 0.3 is 0 Å². The Morgan fingerprint density at radius 3 is 2.48 bits per heavy atom. The topological polar surface area (TPSA) is 99.5 Å². The van der Waals surface area contributed by atoms with Crippen molar-refractivity contribution in [1.29, 1.82) is 5.26 Å². The van der Waals surface area contributed by atoms with E-state index >= 15 is 0 Å². The van der Waals surface area contributed by atoms with Gasteiger partial charge in [-0.1, -0.05) is 18.6 Å². The molecule has 0 aliphatic carbocycles. The van der Waals surface area contributed by atoms with E-state index in [4.69, 9.17) is 10.00 Å². The molecule has 0 atom stereocenters. The number of nitriles is 1. The molecule has 0 aromatic heterocycles. The van der Waals surface area contributed by atoms with E-state index in [9.17, 15) is 13.2 Å². The number of carbonyl (C=O) groups excluding carboxylic acids is 1. The summed E-state index contributed by atoms with van der Waals surface area (Å²) in [6, 6.07) is 13.7. The first kappa shape index (κ1) is 22.8. The van der Waals surface area contributed by atoms with Gasteiger partial charge in [0.15, 0.2) is 0 Å². The number of nitrogens with one attached hydrogen (secondary N) is 1. The van der Waals surface area contributed by atoms with Gasteiger partial charge in [-0.05, 0) is 62.1 Å². The number of benzene rings is 2. The molecule has 2 aromatic carbocycles. The van der Waals surface area contributed by atoms with Gasteiger partial charge in [-0.2, -0.15) is 9.57 Å². The van der Waals surface area contributed by atoms with E-state index in [1.165, 1.54) is 0 Å². The van der Waals surface area contributed by atoms with Crippen molar-refractivity contribution < 1.29 is 17.9 Å². The van der Waals surface area contributed by atoms with Gasteiger partial charge in [-0.15, -0.1) is 0 Å². The van der Waals surface area contributed by atoms with Crippen molar-refractivity contribution in [2.75, 3.05) is 25.0 Å². The summed E-state index contributed by atoms with van der Waals surface area (Å²) in [6.07, 6.45) is 3.56. The maximum atomic E-state index is 12.7. The van der Waals surface area contributed by atoms with E-state index in [0.29, 0.717) is 43.1 Å². The zero-order chi connectivity index (χ0) is 22.3. The van der Waals surface area contributed by atoms with Crippen molar-refractivity contribution in [2.24, 2.45) is 0 Å². The largest absolute Gasteiger partial charge is 0.492 e. The Bertz CT molecular complexity index is 1050. The molecule has 1 aliphatic heterocycles. The summed E-state index contributed by atoms with van der Waals surface area (Å²) in [5.41, 5.74) is 1.78. The third kappa shape index (κ3) is 5.84. The van der Waals surface area contributed by atoms with Crippen LogP contribution >= 0.6 is 0 Å². The van der Waals surface area contributed by atoms with Crippen LogP contribution < -0.4 is 10.1 Å². The highest BCUT2D eigenvalue weighted by Crippen LogP contribution is 2.26. The molecule has 0 radical (unpaired) electrons. The van der Waals surface area contributed by atoms with Gasteiger partial charge in [-0.3, -0.25) is 4.79 Å². The van der Waals surface area contributed by atoms with Crippen LogP contribution in [-0.4, -0.2) is 38.3 Å². The zero-order valence-electron chi connectivity index (χ0n) is 17.6.